The average molecular weight is 335 g/mol. The summed E-state index contributed by atoms with van der Waals surface area (Å²) in [7, 11) is 0. The van der Waals surface area contributed by atoms with Crippen molar-refractivity contribution in [2.24, 2.45) is 0 Å². The smallest absolute Gasteiger partial charge is 0.315 e. The van der Waals surface area contributed by atoms with Gasteiger partial charge in [0, 0.05) is 30.7 Å². The highest BCUT2D eigenvalue weighted by Gasteiger charge is 2.12. The highest BCUT2D eigenvalue weighted by molar-refractivity contribution is 5.74. The van der Waals surface area contributed by atoms with Crippen LogP contribution >= 0.6 is 0 Å². The van der Waals surface area contributed by atoms with Gasteiger partial charge in [0.2, 0.25) is 0 Å². The summed E-state index contributed by atoms with van der Waals surface area (Å²) in [6.07, 6.45) is 7.94. The molecule has 25 heavy (non-hydrogen) atoms. The van der Waals surface area contributed by atoms with E-state index in [0.29, 0.717) is 6.54 Å². The first-order chi connectivity index (χ1) is 12.3. The van der Waals surface area contributed by atoms with E-state index in [-0.39, 0.29) is 12.1 Å². The lowest BCUT2D eigenvalue weighted by molar-refractivity contribution is 0.236. The standard InChI is InChI=1S/C19H21N5O/c1-2-18(16-8-10-20-11-9-16)23-19(25)21-12-15-13-22-24(14-15)17-6-4-3-5-7-17/h3-11,13-14,18H,2,12H2,1H3,(H2,21,23,25)/t18-/m1/s1. The van der Waals surface area contributed by atoms with Gasteiger partial charge < -0.3 is 10.6 Å². The molecule has 2 heterocycles. The summed E-state index contributed by atoms with van der Waals surface area (Å²) in [5.41, 5.74) is 2.97. The van der Waals surface area contributed by atoms with Gasteiger partial charge in [-0.2, -0.15) is 5.10 Å². The number of carbonyl (C=O) groups is 1. The maximum Gasteiger partial charge on any atom is 0.315 e. The largest absolute Gasteiger partial charge is 0.334 e. The third kappa shape index (κ3) is 4.44. The van der Waals surface area contributed by atoms with Crippen molar-refractivity contribution >= 4 is 6.03 Å². The van der Waals surface area contributed by atoms with E-state index in [1.165, 1.54) is 0 Å². The van der Waals surface area contributed by atoms with E-state index in [1.807, 2.05) is 55.6 Å². The molecule has 0 unspecified atom stereocenters. The Hall–Kier alpha value is -3.15. The van der Waals surface area contributed by atoms with Crippen LogP contribution < -0.4 is 10.6 Å². The number of benzene rings is 1. The second kappa shape index (κ2) is 8.10. The Morgan fingerprint density at radius 3 is 2.64 bits per heavy atom. The predicted octanol–water partition coefficient (Wildman–Crippen LogP) is 3.22. The van der Waals surface area contributed by atoms with Crippen LogP contribution in [0.25, 0.3) is 5.69 Å². The Morgan fingerprint density at radius 2 is 1.92 bits per heavy atom. The van der Waals surface area contributed by atoms with Crippen molar-refractivity contribution in [3.05, 3.63) is 78.4 Å². The molecule has 3 rings (SSSR count). The molecule has 0 aliphatic rings. The van der Waals surface area contributed by atoms with Gasteiger partial charge in [-0.3, -0.25) is 4.98 Å². The number of pyridine rings is 1. The van der Waals surface area contributed by atoms with E-state index in [4.69, 9.17) is 0 Å². The topological polar surface area (TPSA) is 71.8 Å². The summed E-state index contributed by atoms with van der Waals surface area (Å²) in [4.78, 5) is 16.2. The predicted molar refractivity (Wildman–Crippen MR) is 96.2 cm³/mol. The molecule has 0 radical (unpaired) electrons. The number of urea groups is 1. The summed E-state index contributed by atoms with van der Waals surface area (Å²) in [5, 5.41) is 10.2. The zero-order valence-electron chi connectivity index (χ0n) is 14.1. The number of nitrogens with zero attached hydrogens (tertiary/aromatic N) is 3. The first kappa shape index (κ1) is 16.7. The SMILES string of the molecule is CC[C@@H](NC(=O)NCc1cnn(-c2ccccc2)c1)c1ccncc1. The van der Waals surface area contributed by atoms with Crippen LogP contribution in [0.4, 0.5) is 4.79 Å². The van der Waals surface area contributed by atoms with E-state index in [0.717, 1.165) is 23.2 Å². The fourth-order valence-corrected chi connectivity index (χ4v) is 2.58. The zero-order chi connectivity index (χ0) is 17.5. The maximum absolute atomic E-state index is 12.2. The van der Waals surface area contributed by atoms with Crippen molar-refractivity contribution in [3.63, 3.8) is 0 Å². The molecule has 6 nitrogen and oxygen atoms in total. The third-order valence-corrected chi connectivity index (χ3v) is 3.93. The van der Waals surface area contributed by atoms with Crippen LogP contribution in [0.3, 0.4) is 0 Å². The minimum Gasteiger partial charge on any atom is -0.334 e. The number of nitrogens with one attached hydrogen (secondary N) is 2. The quantitative estimate of drug-likeness (QED) is 0.726. The second-order valence-corrected chi connectivity index (χ2v) is 5.70. The van der Waals surface area contributed by atoms with Gasteiger partial charge in [-0.25, -0.2) is 9.48 Å². The van der Waals surface area contributed by atoms with E-state index in [9.17, 15) is 4.79 Å². The lowest BCUT2D eigenvalue weighted by Crippen LogP contribution is -2.37. The van der Waals surface area contributed by atoms with Gasteiger partial charge in [-0.1, -0.05) is 25.1 Å². The Kier molecular flexibility index (Phi) is 5.41. The van der Waals surface area contributed by atoms with Crippen molar-refractivity contribution in [1.82, 2.24) is 25.4 Å². The highest BCUT2D eigenvalue weighted by atomic mass is 16.2. The van der Waals surface area contributed by atoms with Crippen LogP contribution in [0.15, 0.2) is 67.3 Å². The molecular formula is C19H21N5O. The van der Waals surface area contributed by atoms with E-state index in [1.54, 1.807) is 23.3 Å². The second-order valence-electron chi connectivity index (χ2n) is 5.70. The lowest BCUT2D eigenvalue weighted by Gasteiger charge is -2.17. The molecule has 2 N–H and O–H groups in total. The van der Waals surface area contributed by atoms with Gasteiger partial charge in [0.1, 0.15) is 0 Å². The van der Waals surface area contributed by atoms with Crippen LogP contribution in [-0.4, -0.2) is 20.8 Å². The van der Waals surface area contributed by atoms with E-state index < -0.39 is 0 Å². The Labute approximate surface area is 146 Å². The molecule has 128 valence electrons. The van der Waals surface area contributed by atoms with Crippen LogP contribution in [0.2, 0.25) is 0 Å². The summed E-state index contributed by atoms with van der Waals surface area (Å²) >= 11 is 0. The summed E-state index contributed by atoms with van der Waals surface area (Å²) in [6, 6.07) is 13.5. The van der Waals surface area contributed by atoms with Gasteiger partial charge in [0.25, 0.3) is 0 Å². The third-order valence-electron chi connectivity index (χ3n) is 3.93. The molecule has 2 amide bonds. The fourth-order valence-electron chi connectivity index (χ4n) is 2.58. The number of amides is 2. The normalized spacial score (nSPS) is 11.7. The molecule has 0 saturated carbocycles. The molecule has 1 aromatic carbocycles. The lowest BCUT2D eigenvalue weighted by atomic mass is 10.1. The molecule has 3 aromatic rings. The molecular weight excluding hydrogens is 314 g/mol. The van der Waals surface area contributed by atoms with Gasteiger partial charge in [-0.05, 0) is 36.2 Å². The number of hydrogen-bond donors (Lipinski definition) is 2. The number of carbonyl (C=O) groups excluding carboxylic acids is 1. The summed E-state index contributed by atoms with van der Waals surface area (Å²) in [6.45, 7) is 2.46. The first-order valence-corrected chi connectivity index (χ1v) is 8.29. The van der Waals surface area contributed by atoms with Crippen LogP contribution in [-0.2, 0) is 6.54 Å². The van der Waals surface area contributed by atoms with Crippen molar-refractivity contribution in [3.8, 4) is 5.69 Å². The van der Waals surface area contributed by atoms with Crippen LogP contribution in [0.5, 0.6) is 0 Å². The molecule has 1 atom stereocenters. The summed E-state index contributed by atoms with van der Waals surface area (Å²) < 4.78 is 1.79. The Morgan fingerprint density at radius 1 is 1.16 bits per heavy atom. The fraction of sp³-hybridized carbons (Fsp3) is 0.211. The van der Waals surface area contributed by atoms with E-state index >= 15 is 0 Å². The van der Waals surface area contributed by atoms with E-state index in [2.05, 4.69) is 20.7 Å². The van der Waals surface area contributed by atoms with Gasteiger partial charge in [0.15, 0.2) is 0 Å². The zero-order valence-corrected chi connectivity index (χ0v) is 14.1. The molecule has 0 fully saturated rings. The van der Waals surface area contributed by atoms with Gasteiger partial charge in [0.05, 0.1) is 17.9 Å². The van der Waals surface area contributed by atoms with Crippen molar-refractivity contribution < 1.29 is 4.79 Å². The molecule has 0 aliphatic carbocycles. The van der Waals surface area contributed by atoms with Crippen LogP contribution in [0.1, 0.15) is 30.5 Å². The maximum atomic E-state index is 12.2. The molecule has 2 aromatic heterocycles. The Balaban J connectivity index is 1.55. The van der Waals surface area contributed by atoms with Crippen LogP contribution in [0, 0.1) is 0 Å². The highest BCUT2D eigenvalue weighted by Crippen LogP contribution is 2.15. The van der Waals surface area contributed by atoms with Crippen molar-refractivity contribution in [2.75, 3.05) is 0 Å². The molecule has 0 aliphatic heterocycles. The van der Waals surface area contributed by atoms with Crippen molar-refractivity contribution in [2.45, 2.75) is 25.9 Å². The minimum atomic E-state index is -0.198. The van der Waals surface area contributed by atoms with Gasteiger partial charge in [-0.15, -0.1) is 0 Å². The molecule has 0 bridgehead atoms. The number of para-hydroxylation sites is 1. The first-order valence-electron chi connectivity index (χ1n) is 8.29. The molecule has 6 heteroatoms. The molecule has 0 spiro atoms. The van der Waals surface area contributed by atoms with Gasteiger partial charge >= 0.3 is 6.03 Å². The average Bonchev–Trinajstić information content (AvgIpc) is 3.15. The molecule has 0 saturated heterocycles. The van der Waals surface area contributed by atoms with Crippen molar-refractivity contribution in [1.29, 1.82) is 0 Å². The monoisotopic (exact) mass is 335 g/mol. The summed E-state index contributed by atoms with van der Waals surface area (Å²) in [5.74, 6) is 0. The minimum absolute atomic E-state index is 0.0324. The number of rotatable bonds is 6. The number of aromatic nitrogens is 3. The Bertz CT molecular complexity index is 801. The number of hydrogen-bond acceptors (Lipinski definition) is 3.